The van der Waals surface area contributed by atoms with Crippen LogP contribution in [0.4, 0.5) is 0 Å². The highest BCUT2D eigenvalue weighted by Gasteiger charge is 2.08. The number of carbonyl (C=O) groups excluding carboxylic acids is 1. The second-order valence-electron chi connectivity index (χ2n) is 5.84. The van der Waals surface area contributed by atoms with Crippen LogP contribution in [0.2, 0.25) is 0 Å². The molecule has 0 fully saturated rings. The summed E-state index contributed by atoms with van der Waals surface area (Å²) in [5, 5.41) is 1.88. The number of hydrogen-bond acceptors (Lipinski definition) is 5. The molecule has 28 heavy (non-hydrogen) atoms. The van der Waals surface area contributed by atoms with E-state index in [1.807, 2.05) is 66.7 Å². The molecule has 0 amide bonds. The van der Waals surface area contributed by atoms with Crippen LogP contribution in [0.3, 0.4) is 0 Å². The van der Waals surface area contributed by atoms with Crippen LogP contribution in [-0.4, -0.2) is 32.4 Å². The first-order chi connectivity index (χ1) is 13.8. The van der Waals surface area contributed by atoms with Crippen molar-refractivity contribution in [2.24, 2.45) is 0 Å². The molecule has 0 aliphatic heterocycles. The molecule has 3 aromatic rings. The standard InChI is InChI=1S/C23H22O5/c1-2-23(24)28-17-16-27-22-13-12-21(19-10-6-7-11-20(19)22)26-15-14-25-18-8-4-3-5-9-18/h2-13H,1,14-17H2. The molecule has 0 atom stereocenters. The fourth-order valence-electron chi connectivity index (χ4n) is 2.68. The summed E-state index contributed by atoms with van der Waals surface area (Å²) in [6, 6.07) is 21.2. The number of rotatable bonds is 10. The largest absolute Gasteiger partial charge is 0.490 e. The number of para-hydroxylation sites is 1. The maximum atomic E-state index is 11.1. The van der Waals surface area contributed by atoms with Crippen LogP contribution in [0, 0.1) is 0 Å². The lowest BCUT2D eigenvalue weighted by Crippen LogP contribution is -2.11. The van der Waals surface area contributed by atoms with Crippen molar-refractivity contribution in [2.45, 2.75) is 0 Å². The Morgan fingerprint density at radius 3 is 1.86 bits per heavy atom. The highest BCUT2D eigenvalue weighted by molar-refractivity contribution is 5.93. The summed E-state index contributed by atoms with van der Waals surface area (Å²) in [6.07, 6.45) is 1.13. The number of hydrogen-bond donors (Lipinski definition) is 0. The zero-order valence-electron chi connectivity index (χ0n) is 15.5. The molecule has 0 aliphatic rings. The summed E-state index contributed by atoms with van der Waals surface area (Å²) in [6.45, 7) is 4.65. The number of carbonyl (C=O) groups is 1. The quantitative estimate of drug-likeness (QED) is 0.297. The van der Waals surface area contributed by atoms with Crippen molar-refractivity contribution in [3.63, 3.8) is 0 Å². The molecule has 0 saturated carbocycles. The second-order valence-corrected chi connectivity index (χ2v) is 5.84. The summed E-state index contributed by atoms with van der Waals surface area (Å²) >= 11 is 0. The first-order valence-corrected chi connectivity index (χ1v) is 9.02. The zero-order valence-corrected chi connectivity index (χ0v) is 15.5. The third-order valence-electron chi connectivity index (χ3n) is 3.95. The predicted molar refractivity (Wildman–Crippen MR) is 108 cm³/mol. The number of fused-ring (bicyclic) bond motifs is 1. The first kappa shape index (κ1) is 19.3. The first-order valence-electron chi connectivity index (χ1n) is 9.02. The van der Waals surface area contributed by atoms with Crippen molar-refractivity contribution in [2.75, 3.05) is 26.4 Å². The zero-order chi connectivity index (χ0) is 19.6. The van der Waals surface area contributed by atoms with Gasteiger partial charge >= 0.3 is 5.97 Å². The highest BCUT2D eigenvalue weighted by atomic mass is 16.6. The Morgan fingerprint density at radius 1 is 0.714 bits per heavy atom. The van der Waals surface area contributed by atoms with Gasteiger partial charge < -0.3 is 18.9 Å². The van der Waals surface area contributed by atoms with Crippen molar-refractivity contribution in [3.05, 3.63) is 79.4 Å². The topological polar surface area (TPSA) is 54.0 Å². The summed E-state index contributed by atoms with van der Waals surface area (Å²) in [4.78, 5) is 11.1. The smallest absolute Gasteiger partial charge is 0.330 e. The van der Waals surface area contributed by atoms with Gasteiger partial charge in [-0.3, -0.25) is 0 Å². The molecule has 144 valence electrons. The molecular weight excluding hydrogens is 356 g/mol. The van der Waals surface area contributed by atoms with E-state index in [1.165, 1.54) is 0 Å². The minimum absolute atomic E-state index is 0.161. The van der Waals surface area contributed by atoms with Gasteiger partial charge in [0.1, 0.15) is 43.7 Å². The molecule has 0 spiro atoms. The Hall–Kier alpha value is -3.47. The van der Waals surface area contributed by atoms with Gasteiger partial charge in [-0.05, 0) is 24.3 Å². The average molecular weight is 378 g/mol. The molecule has 3 aromatic carbocycles. The molecule has 5 heteroatoms. The Kier molecular flexibility index (Phi) is 6.90. The van der Waals surface area contributed by atoms with Crippen molar-refractivity contribution in [3.8, 4) is 17.2 Å². The number of benzene rings is 3. The SMILES string of the molecule is C=CC(=O)OCCOc1ccc(OCCOc2ccccc2)c2ccccc12. The molecule has 0 aromatic heterocycles. The van der Waals surface area contributed by atoms with E-state index in [1.54, 1.807) is 0 Å². The lowest BCUT2D eigenvalue weighted by molar-refractivity contribution is -0.138. The summed E-state index contributed by atoms with van der Waals surface area (Å²) in [5.74, 6) is 1.82. The molecule has 3 rings (SSSR count). The number of esters is 1. The van der Waals surface area contributed by atoms with E-state index in [2.05, 4.69) is 6.58 Å². The van der Waals surface area contributed by atoms with E-state index in [4.69, 9.17) is 18.9 Å². The van der Waals surface area contributed by atoms with Crippen LogP contribution in [0.1, 0.15) is 0 Å². The monoisotopic (exact) mass is 378 g/mol. The average Bonchev–Trinajstić information content (AvgIpc) is 2.75. The molecule has 5 nitrogen and oxygen atoms in total. The van der Waals surface area contributed by atoms with E-state index in [-0.39, 0.29) is 13.2 Å². The predicted octanol–water partition coefficient (Wildman–Crippen LogP) is 4.41. The highest BCUT2D eigenvalue weighted by Crippen LogP contribution is 2.33. The maximum absolute atomic E-state index is 11.1. The van der Waals surface area contributed by atoms with E-state index in [0.717, 1.165) is 28.3 Å². The van der Waals surface area contributed by atoms with Crippen LogP contribution in [0.25, 0.3) is 10.8 Å². The van der Waals surface area contributed by atoms with Crippen LogP contribution in [0.5, 0.6) is 17.2 Å². The molecule has 0 saturated heterocycles. The molecule has 0 heterocycles. The summed E-state index contributed by atoms with van der Waals surface area (Å²) < 4.78 is 22.3. The third kappa shape index (κ3) is 5.27. The lowest BCUT2D eigenvalue weighted by atomic mass is 10.1. The van der Waals surface area contributed by atoms with Gasteiger partial charge in [-0.25, -0.2) is 4.79 Å². The van der Waals surface area contributed by atoms with Crippen LogP contribution in [0.15, 0.2) is 79.4 Å². The minimum Gasteiger partial charge on any atom is -0.490 e. The molecule has 0 radical (unpaired) electrons. The van der Waals surface area contributed by atoms with Gasteiger partial charge in [0.15, 0.2) is 0 Å². The Morgan fingerprint density at radius 2 is 1.25 bits per heavy atom. The van der Waals surface area contributed by atoms with E-state index in [0.29, 0.717) is 19.0 Å². The van der Waals surface area contributed by atoms with Gasteiger partial charge in [-0.2, -0.15) is 0 Å². The number of ether oxygens (including phenoxy) is 4. The van der Waals surface area contributed by atoms with E-state index >= 15 is 0 Å². The molecule has 0 bridgehead atoms. The van der Waals surface area contributed by atoms with Crippen molar-refractivity contribution >= 4 is 16.7 Å². The van der Waals surface area contributed by atoms with Gasteiger partial charge in [0, 0.05) is 16.8 Å². The van der Waals surface area contributed by atoms with Crippen LogP contribution in [-0.2, 0) is 9.53 Å². The van der Waals surface area contributed by atoms with Gasteiger partial charge in [0.25, 0.3) is 0 Å². The normalized spacial score (nSPS) is 10.3. The minimum atomic E-state index is -0.463. The molecular formula is C23H22O5. The molecule has 0 N–H and O–H groups in total. The van der Waals surface area contributed by atoms with Crippen molar-refractivity contribution < 1.29 is 23.7 Å². The van der Waals surface area contributed by atoms with Crippen LogP contribution < -0.4 is 14.2 Å². The lowest BCUT2D eigenvalue weighted by Gasteiger charge is -2.14. The molecule has 0 unspecified atom stereocenters. The van der Waals surface area contributed by atoms with Gasteiger partial charge in [-0.15, -0.1) is 0 Å². The van der Waals surface area contributed by atoms with Crippen LogP contribution >= 0.6 is 0 Å². The summed E-state index contributed by atoms with van der Waals surface area (Å²) in [5.41, 5.74) is 0. The Balaban J connectivity index is 1.59. The fourth-order valence-corrected chi connectivity index (χ4v) is 2.68. The van der Waals surface area contributed by atoms with Crippen molar-refractivity contribution in [1.29, 1.82) is 0 Å². The maximum Gasteiger partial charge on any atom is 0.330 e. The summed E-state index contributed by atoms with van der Waals surface area (Å²) in [7, 11) is 0. The van der Waals surface area contributed by atoms with E-state index < -0.39 is 5.97 Å². The Bertz CT molecular complexity index is 921. The van der Waals surface area contributed by atoms with Gasteiger partial charge in [0.2, 0.25) is 0 Å². The van der Waals surface area contributed by atoms with Gasteiger partial charge in [-0.1, -0.05) is 49.0 Å². The Labute approximate surface area is 164 Å². The van der Waals surface area contributed by atoms with E-state index in [9.17, 15) is 4.79 Å². The second kappa shape index (κ2) is 10.0. The fraction of sp³-hybridized carbons (Fsp3) is 0.174. The van der Waals surface area contributed by atoms with Crippen molar-refractivity contribution in [1.82, 2.24) is 0 Å². The van der Waals surface area contributed by atoms with Gasteiger partial charge in [0.05, 0.1) is 0 Å². The third-order valence-corrected chi connectivity index (χ3v) is 3.95. The molecule has 0 aliphatic carbocycles.